The number of allylic oxidation sites excluding steroid dienone is 1. The molecular weight excluding hydrogens is 374 g/mol. The van der Waals surface area contributed by atoms with Crippen LogP contribution in [-0.2, 0) is 4.79 Å². The van der Waals surface area contributed by atoms with E-state index in [4.69, 9.17) is 5.11 Å². The maximum atomic E-state index is 10.8. The van der Waals surface area contributed by atoms with E-state index in [1.54, 1.807) is 6.08 Å². The van der Waals surface area contributed by atoms with Crippen LogP contribution in [0.1, 0.15) is 35.7 Å². The lowest BCUT2D eigenvalue weighted by molar-refractivity contribution is -0.131. The summed E-state index contributed by atoms with van der Waals surface area (Å²) in [4.78, 5) is 15.4. The summed E-state index contributed by atoms with van der Waals surface area (Å²) < 4.78 is 0. The Bertz CT molecular complexity index is 1240. The highest BCUT2D eigenvalue weighted by molar-refractivity contribution is 6.00. The van der Waals surface area contributed by atoms with Crippen molar-refractivity contribution < 1.29 is 9.90 Å². The maximum Gasteiger partial charge on any atom is 0.328 e. The Morgan fingerprint density at radius 2 is 1.87 bits per heavy atom. The number of aromatic nitrogens is 3. The van der Waals surface area contributed by atoms with Gasteiger partial charge in [0, 0.05) is 17.7 Å². The molecule has 0 saturated heterocycles. The van der Waals surface area contributed by atoms with Gasteiger partial charge in [-0.2, -0.15) is 5.10 Å². The summed E-state index contributed by atoms with van der Waals surface area (Å²) in [7, 11) is 0. The van der Waals surface area contributed by atoms with Crippen LogP contribution in [0.15, 0.2) is 79.1 Å². The zero-order valence-electron chi connectivity index (χ0n) is 16.5. The molecule has 0 saturated carbocycles. The number of rotatable bonds is 6. The number of pyridine rings is 1. The molecule has 2 aromatic carbocycles. The van der Waals surface area contributed by atoms with Crippen molar-refractivity contribution in [2.75, 3.05) is 0 Å². The second-order valence-electron chi connectivity index (χ2n) is 6.89. The van der Waals surface area contributed by atoms with E-state index >= 15 is 0 Å². The summed E-state index contributed by atoms with van der Waals surface area (Å²) in [5.41, 5.74) is 7.15. The summed E-state index contributed by atoms with van der Waals surface area (Å²) >= 11 is 0. The van der Waals surface area contributed by atoms with Gasteiger partial charge in [-0.15, -0.1) is 0 Å². The fourth-order valence-corrected chi connectivity index (χ4v) is 3.57. The van der Waals surface area contributed by atoms with Crippen molar-refractivity contribution >= 4 is 34.1 Å². The minimum Gasteiger partial charge on any atom is -0.478 e. The first kappa shape index (κ1) is 19.3. The van der Waals surface area contributed by atoms with Crippen molar-refractivity contribution in [3.63, 3.8) is 0 Å². The third-order valence-corrected chi connectivity index (χ3v) is 4.98. The lowest BCUT2D eigenvalue weighted by atomic mass is 9.89. The molecule has 2 heterocycles. The van der Waals surface area contributed by atoms with Gasteiger partial charge < -0.3 is 5.11 Å². The standard InChI is InChI=1S/C25H21N3O2/c1-2-21(23-5-3-4-14-26-23)25(19-11-12-22-20(15-19)16-27-28-22)18-9-6-17(7-10-18)8-13-24(29)30/h3-16H,2H2,1H3,(H,27,28)(H,29,30). The van der Waals surface area contributed by atoms with Gasteiger partial charge in [-0.05, 0) is 64.6 Å². The van der Waals surface area contributed by atoms with Crippen molar-refractivity contribution in [2.24, 2.45) is 0 Å². The quantitative estimate of drug-likeness (QED) is 0.427. The lowest BCUT2D eigenvalue weighted by Gasteiger charge is -2.16. The van der Waals surface area contributed by atoms with Crippen LogP contribution < -0.4 is 0 Å². The molecule has 0 fully saturated rings. The molecule has 2 aromatic heterocycles. The van der Waals surface area contributed by atoms with E-state index in [1.165, 1.54) is 0 Å². The SMILES string of the molecule is CCC(=C(c1ccc(C=CC(=O)O)cc1)c1ccc2[nH]ncc2c1)c1ccccn1. The van der Waals surface area contributed by atoms with Crippen LogP contribution in [0.5, 0.6) is 0 Å². The van der Waals surface area contributed by atoms with Crippen molar-refractivity contribution in [3.8, 4) is 0 Å². The van der Waals surface area contributed by atoms with E-state index in [0.29, 0.717) is 0 Å². The number of carboxylic acids is 1. The van der Waals surface area contributed by atoms with Gasteiger partial charge in [-0.3, -0.25) is 10.1 Å². The first-order chi connectivity index (χ1) is 14.7. The molecule has 0 aliphatic rings. The second kappa shape index (κ2) is 8.57. The van der Waals surface area contributed by atoms with Crippen LogP contribution in [0.2, 0.25) is 0 Å². The van der Waals surface area contributed by atoms with Crippen LogP contribution in [0.4, 0.5) is 0 Å². The van der Waals surface area contributed by atoms with E-state index in [2.05, 4.69) is 34.2 Å². The number of benzene rings is 2. The molecule has 0 spiro atoms. The fourth-order valence-electron chi connectivity index (χ4n) is 3.57. The van der Waals surface area contributed by atoms with Crippen LogP contribution in [0.25, 0.3) is 28.1 Å². The Hall–Kier alpha value is -3.99. The van der Waals surface area contributed by atoms with E-state index in [-0.39, 0.29) is 0 Å². The Morgan fingerprint density at radius 3 is 2.57 bits per heavy atom. The molecule has 30 heavy (non-hydrogen) atoms. The third kappa shape index (κ3) is 4.05. The first-order valence-electron chi connectivity index (χ1n) is 9.75. The molecule has 0 radical (unpaired) electrons. The summed E-state index contributed by atoms with van der Waals surface area (Å²) in [6.07, 6.45) is 7.18. The number of aromatic amines is 1. The van der Waals surface area contributed by atoms with Crippen LogP contribution in [-0.4, -0.2) is 26.3 Å². The first-order valence-corrected chi connectivity index (χ1v) is 9.75. The number of hydrogen-bond acceptors (Lipinski definition) is 3. The van der Waals surface area contributed by atoms with Gasteiger partial charge in [-0.1, -0.05) is 43.3 Å². The van der Waals surface area contributed by atoms with Crippen LogP contribution in [0, 0.1) is 0 Å². The predicted octanol–water partition coefficient (Wildman–Crippen LogP) is 5.42. The van der Waals surface area contributed by atoms with Crippen molar-refractivity contribution in [1.29, 1.82) is 0 Å². The molecular formula is C25H21N3O2. The topological polar surface area (TPSA) is 78.9 Å². The van der Waals surface area contributed by atoms with Crippen LogP contribution >= 0.6 is 0 Å². The molecule has 4 aromatic rings. The number of nitrogens with one attached hydrogen (secondary N) is 1. The number of H-pyrrole nitrogens is 1. The highest BCUT2D eigenvalue weighted by Crippen LogP contribution is 2.34. The zero-order chi connectivity index (χ0) is 20.9. The number of carboxylic acid groups (broad SMARTS) is 1. The van der Waals surface area contributed by atoms with Crippen LogP contribution in [0.3, 0.4) is 0 Å². The van der Waals surface area contributed by atoms with E-state index < -0.39 is 5.97 Å². The third-order valence-electron chi connectivity index (χ3n) is 4.98. The van der Waals surface area contributed by atoms with Gasteiger partial charge in [0.15, 0.2) is 0 Å². The zero-order valence-corrected chi connectivity index (χ0v) is 16.5. The molecule has 2 N–H and O–H groups in total. The Labute approximate surface area is 174 Å². The number of carbonyl (C=O) groups is 1. The molecule has 4 rings (SSSR count). The average molecular weight is 395 g/mol. The molecule has 0 bridgehead atoms. The molecule has 5 heteroatoms. The minimum absolute atomic E-state index is 0.816. The number of hydrogen-bond donors (Lipinski definition) is 2. The Balaban J connectivity index is 1.89. The average Bonchev–Trinajstić information content (AvgIpc) is 3.25. The maximum absolute atomic E-state index is 10.8. The summed E-state index contributed by atoms with van der Waals surface area (Å²) in [5, 5.41) is 17.0. The predicted molar refractivity (Wildman–Crippen MR) is 120 cm³/mol. The highest BCUT2D eigenvalue weighted by atomic mass is 16.4. The van der Waals surface area contributed by atoms with Crippen molar-refractivity contribution in [2.45, 2.75) is 13.3 Å². The van der Waals surface area contributed by atoms with E-state index in [1.807, 2.05) is 60.9 Å². The van der Waals surface area contributed by atoms with Gasteiger partial charge in [0.1, 0.15) is 0 Å². The monoisotopic (exact) mass is 395 g/mol. The normalized spacial score (nSPS) is 12.3. The fraction of sp³-hybridized carbons (Fsp3) is 0.0800. The summed E-state index contributed by atoms with van der Waals surface area (Å²) in [6, 6.07) is 20.1. The Kier molecular flexibility index (Phi) is 5.52. The molecule has 0 aliphatic carbocycles. The van der Waals surface area contributed by atoms with Gasteiger partial charge >= 0.3 is 5.97 Å². The number of nitrogens with zero attached hydrogens (tertiary/aromatic N) is 2. The van der Waals surface area contributed by atoms with E-state index in [9.17, 15) is 4.79 Å². The van der Waals surface area contributed by atoms with Crippen molar-refractivity contribution in [1.82, 2.24) is 15.2 Å². The molecule has 0 atom stereocenters. The molecule has 148 valence electrons. The number of fused-ring (bicyclic) bond motifs is 1. The van der Waals surface area contributed by atoms with Gasteiger partial charge in [0.2, 0.25) is 0 Å². The van der Waals surface area contributed by atoms with E-state index in [0.717, 1.165) is 56.9 Å². The largest absolute Gasteiger partial charge is 0.478 e. The minimum atomic E-state index is -0.962. The van der Waals surface area contributed by atoms with Gasteiger partial charge in [0.25, 0.3) is 0 Å². The second-order valence-corrected chi connectivity index (χ2v) is 6.89. The summed E-state index contributed by atoms with van der Waals surface area (Å²) in [6.45, 7) is 2.13. The van der Waals surface area contributed by atoms with Gasteiger partial charge in [0.05, 0.1) is 17.4 Å². The van der Waals surface area contributed by atoms with Gasteiger partial charge in [-0.25, -0.2) is 4.79 Å². The molecule has 0 aliphatic heterocycles. The molecule has 0 amide bonds. The van der Waals surface area contributed by atoms with Crippen molar-refractivity contribution in [3.05, 3.63) is 102 Å². The highest BCUT2D eigenvalue weighted by Gasteiger charge is 2.14. The number of aliphatic carboxylic acids is 1. The smallest absolute Gasteiger partial charge is 0.328 e. The lowest BCUT2D eigenvalue weighted by Crippen LogP contribution is -1.97. The Morgan fingerprint density at radius 1 is 1.07 bits per heavy atom. The summed E-state index contributed by atoms with van der Waals surface area (Å²) in [5.74, 6) is -0.962. The molecule has 5 nitrogen and oxygen atoms in total. The molecule has 0 unspecified atom stereocenters.